The van der Waals surface area contributed by atoms with Gasteiger partial charge < -0.3 is 10.1 Å². The molecule has 2 aromatic carbocycles. The van der Waals surface area contributed by atoms with Gasteiger partial charge in [-0.25, -0.2) is 4.79 Å². The fraction of sp³-hybridized carbons (Fsp3) is 0.286. The molecule has 3 N–H and O–H groups in total. The van der Waals surface area contributed by atoms with Crippen molar-refractivity contribution < 1.29 is 19.1 Å². The number of alkyl carbamates (subject to hydrolysis) is 1. The van der Waals surface area contributed by atoms with E-state index in [0.29, 0.717) is 12.0 Å². The molecule has 2 aromatic rings. The molecule has 7 heteroatoms. The number of hydrazine groups is 1. The maximum Gasteiger partial charge on any atom is 0.408 e. The van der Waals surface area contributed by atoms with Gasteiger partial charge in [0.2, 0.25) is 0 Å². The maximum absolute atomic E-state index is 12.5. The van der Waals surface area contributed by atoms with Crippen LogP contribution in [0.5, 0.6) is 0 Å². The second kappa shape index (κ2) is 10.7. The molecule has 0 radical (unpaired) electrons. The Balaban J connectivity index is 1.89. The van der Waals surface area contributed by atoms with Gasteiger partial charge in [0.1, 0.15) is 12.6 Å². The van der Waals surface area contributed by atoms with E-state index >= 15 is 0 Å². The van der Waals surface area contributed by atoms with Crippen molar-refractivity contribution in [2.24, 2.45) is 5.92 Å². The van der Waals surface area contributed by atoms with Crippen molar-refractivity contribution in [3.05, 3.63) is 71.8 Å². The molecule has 0 aliphatic carbocycles. The number of nitrogens with one attached hydrogen (secondary N) is 3. The summed E-state index contributed by atoms with van der Waals surface area (Å²) in [5, 5.41) is 2.58. The van der Waals surface area contributed by atoms with Crippen molar-refractivity contribution in [3.63, 3.8) is 0 Å². The lowest BCUT2D eigenvalue weighted by molar-refractivity contribution is -0.125. The first kappa shape index (κ1) is 21.0. The van der Waals surface area contributed by atoms with Crippen LogP contribution >= 0.6 is 0 Å². The Labute approximate surface area is 164 Å². The maximum atomic E-state index is 12.5. The minimum Gasteiger partial charge on any atom is -0.445 e. The zero-order valence-corrected chi connectivity index (χ0v) is 16.0. The molecule has 0 spiro atoms. The van der Waals surface area contributed by atoms with Crippen molar-refractivity contribution in [2.45, 2.75) is 32.9 Å². The van der Waals surface area contributed by atoms with Gasteiger partial charge in [0, 0.05) is 5.56 Å². The summed E-state index contributed by atoms with van der Waals surface area (Å²) in [5.41, 5.74) is 5.98. The number of carbonyl (C=O) groups excluding carboxylic acids is 3. The molecule has 7 nitrogen and oxygen atoms in total. The van der Waals surface area contributed by atoms with Crippen molar-refractivity contribution >= 4 is 17.9 Å². The predicted octanol–water partition coefficient (Wildman–Crippen LogP) is 2.79. The smallest absolute Gasteiger partial charge is 0.408 e. The molecule has 0 aliphatic heterocycles. The molecule has 0 unspecified atom stereocenters. The topological polar surface area (TPSA) is 96.5 Å². The fourth-order valence-electron chi connectivity index (χ4n) is 2.45. The second-order valence-electron chi connectivity index (χ2n) is 6.38. The molecule has 0 aromatic heterocycles. The van der Waals surface area contributed by atoms with Gasteiger partial charge in [-0.2, -0.15) is 0 Å². The lowest BCUT2D eigenvalue weighted by Crippen LogP contribution is -2.54. The highest BCUT2D eigenvalue weighted by Gasteiger charge is 2.27. The zero-order valence-electron chi connectivity index (χ0n) is 16.0. The second-order valence-corrected chi connectivity index (χ2v) is 6.38. The molecule has 2 rings (SSSR count). The van der Waals surface area contributed by atoms with Gasteiger partial charge in [-0.1, -0.05) is 68.8 Å². The molecule has 28 heavy (non-hydrogen) atoms. The summed E-state index contributed by atoms with van der Waals surface area (Å²) in [6.07, 6.45) is -0.0392. The zero-order chi connectivity index (χ0) is 20.4. The summed E-state index contributed by atoms with van der Waals surface area (Å²) < 4.78 is 5.18. The molecule has 0 aliphatic rings. The molecule has 0 fully saturated rings. The minimum absolute atomic E-state index is 0.103. The third-order valence-electron chi connectivity index (χ3n) is 4.32. The van der Waals surface area contributed by atoms with Crippen LogP contribution in [0.15, 0.2) is 60.7 Å². The average Bonchev–Trinajstić information content (AvgIpc) is 2.74. The Bertz CT molecular complexity index is 781. The molecule has 0 bridgehead atoms. The van der Waals surface area contributed by atoms with E-state index in [1.54, 1.807) is 30.3 Å². The Morgan fingerprint density at radius 2 is 1.54 bits per heavy atom. The van der Waals surface area contributed by atoms with Crippen molar-refractivity contribution in [1.82, 2.24) is 16.2 Å². The quantitative estimate of drug-likeness (QED) is 0.641. The first-order valence-electron chi connectivity index (χ1n) is 9.13. The van der Waals surface area contributed by atoms with Crippen LogP contribution < -0.4 is 16.2 Å². The van der Waals surface area contributed by atoms with Crippen LogP contribution in [0.1, 0.15) is 36.2 Å². The van der Waals surface area contributed by atoms with Gasteiger partial charge in [-0.05, 0) is 23.6 Å². The predicted molar refractivity (Wildman–Crippen MR) is 105 cm³/mol. The molecular formula is C21H25N3O4. The standard InChI is InChI=1S/C21H25N3O4/c1-3-15(2)18(22-21(27)28-14-16-10-6-4-7-11-16)20(26)24-23-19(25)17-12-8-5-9-13-17/h4-13,15,18H,3,14H2,1-2H3,(H,22,27)(H,23,25)(H,24,26)/t15-,18-/m0/s1. The van der Waals surface area contributed by atoms with Gasteiger partial charge in [-0.15, -0.1) is 0 Å². The monoisotopic (exact) mass is 383 g/mol. The molecule has 0 saturated carbocycles. The Morgan fingerprint density at radius 3 is 2.14 bits per heavy atom. The normalized spacial score (nSPS) is 12.4. The van der Waals surface area contributed by atoms with E-state index in [1.165, 1.54) is 0 Å². The van der Waals surface area contributed by atoms with Crippen molar-refractivity contribution in [1.29, 1.82) is 0 Å². The fourth-order valence-corrected chi connectivity index (χ4v) is 2.45. The van der Waals surface area contributed by atoms with Gasteiger partial charge in [0.05, 0.1) is 0 Å². The molecule has 0 saturated heterocycles. The van der Waals surface area contributed by atoms with E-state index in [4.69, 9.17) is 4.74 Å². The lowest BCUT2D eigenvalue weighted by Gasteiger charge is -2.23. The van der Waals surface area contributed by atoms with Crippen LogP contribution in [0, 0.1) is 5.92 Å². The number of hydrogen-bond donors (Lipinski definition) is 3. The average molecular weight is 383 g/mol. The van der Waals surface area contributed by atoms with Crippen LogP contribution in [-0.4, -0.2) is 23.9 Å². The summed E-state index contributed by atoms with van der Waals surface area (Å²) in [7, 11) is 0. The molecular weight excluding hydrogens is 358 g/mol. The lowest BCUT2D eigenvalue weighted by atomic mass is 9.99. The molecule has 0 heterocycles. The van der Waals surface area contributed by atoms with Gasteiger partial charge in [0.25, 0.3) is 11.8 Å². The summed E-state index contributed by atoms with van der Waals surface area (Å²) in [6, 6.07) is 16.9. The summed E-state index contributed by atoms with van der Waals surface area (Å²) in [4.78, 5) is 36.7. The summed E-state index contributed by atoms with van der Waals surface area (Å²) in [5.74, 6) is -1.11. The van der Waals surface area contributed by atoms with Crippen molar-refractivity contribution in [3.8, 4) is 0 Å². The first-order valence-corrected chi connectivity index (χ1v) is 9.13. The number of benzene rings is 2. The minimum atomic E-state index is -0.843. The number of hydrogen-bond acceptors (Lipinski definition) is 4. The van der Waals surface area contributed by atoms with Crippen molar-refractivity contribution in [2.75, 3.05) is 0 Å². The number of ether oxygens (including phenoxy) is 1. The van der Waals surface area contributed by atoms with Crippen LogP contribution in [0.3, 0.4) is 0 Å². The number of amides is 3. The van der Waals surface area contributed by atoms with Crippen LogP contribution in [0.4, 0.5) is 4.79 Å². The van der Waals surface area contributed by atoms with Gasteiger partial charge in [-0.3, -0.25) is 20.4 Å². The summed E-state index contributed by atoms with van der Waals surface area (Å²) in [6.45, 7) is 3.84. The van der Waals surface area contributed by atoms with E-state index in [-0.39, 0.29) is 12.5 Å². The third kappa shape index (κ3) is 6.42. The van der Waals surface area contributed by atoms with Crippen LogP contribution in [0.25, 0.3) is 0 Å². The molecule has 3 amide bonds. The van der Waals surface area contributed by atoms with E-state index in [9.17, 15) is 14.4 Å². The Kier molecular flexibility index (Phi) is 8.02. The SMILES string of the molecule is CC[C@H](C)[C@H](NC(=O)OCc1ccccc1)C(=O)NNC(=O)c1ccccc1. The van der Waals surface area contributed by atoms with Crippen LogP contribution in [0.2, 0.25) is 0 Å². The largest absolute Gasteiger partial charge is 0.445 e. The number of carbonyl (C=O) groups is 3. The highest BCUT2D eigenvalue weighted by molar-refractivity contribution is 5.96. The van der Waals surface area contributed by atoms with Gasteiger partial charge in [0.15, 0.2) is 0 Å². The van der Waals surface area contributed by atoms with E-state index in [0.717, 1.165) is 5.56 Å². The Morgan fingerprint density at radius 1 is 0.929 bits per heavy atom. The van der Waals surface area contributed by atoms with Gasteiger partial charge >= 0.3 is 6.09 Å². The highest BCUT2D eigenvalue weighted by atomic mass is 16.5. The number of rotatable bonds is 7. The first-order chi connectivity index (χ1) is 13.5. The van der Waals surface area contributed by atoms with Crippen LogP contribution in [-0.2, 0) is 16.1 Å². The molecule has 148 valence electrons. The third-order valence-corrected chi connectivity index (χ3v) is 4.32. The van der Waals surface area contributed by atoms with E-state index in [1.807, 2.05) is 44.2 Å². The Hall–Kier alpha value is -3.35. The molecule has 2 atom stereocenters. The van der Waals surface area contributed by atoms with E-state index < -0.39 is 23.9 Å². The summed E-state index contributed by atoms with van der Waals surface area (Å²) >= 11 is 0. The highest BCUT2D eigenvalue weighted by Crippen LogP contribution is 2.09. The van der Waals surface area contributed by atoms with E-state index in [2.05, 4.69) is 16.2 Å².